The number of para-hydroxylation sites is 3. The van der Waals surface area contributed by atoms with Crippen LogP contribution in [0.2, 0.25) is 0 Å². The van der Waals surface area contributed by atoms with Gasteiger partial charge in [0.2, 0.25) is 0 Å². The summed E-state index contributed by atoms with van der Waals surface area (Å²) in [5.74, 6) is -2.59. The van der Waals surface area contributed by atoms with E-state index in [0.717, 1.165) is 0 Å². The van der Waals surface area contributed by atoms with Crippen molar-refractivity contribution in [2.24, 2.45) is 0 Å². The fourth-order valence-corrected chi connectivity index (χ4v) is 5.03. The van der Waals surface area contributed by atoms with Gasteiger partial charge in [-0.25, -0.2) is 14.4 Å². The molecule has 0 fully saturated rings. The SMILES string of the molecule is O=C(OCCOc1nnnn1-c1ccccc1)c1cc(C(=O)OCCOc2nnnn2-c2ccccc2)cc(C(=O)OCCOc2nnnn2-c2ccccc2)c1. The number of nitrogens with zero attached hydrogens (tertiary/aromatic N) is 12. The Morgan fingerprint density at radius 1 is 0.404 bits per heavy atom. The summed E-state index contributed by atoms with van der Waals surface area (Å²) >= 11 is 0. The van der Waals surface area contributed by atoms with Gasteiger partial charge in [-0.3, -0.25) is 0 Å². The Morgan fingerprint density at radius 3 is 0.965 bits per heavy atom. The van der Waals surface area contributed by atoms with Crippen LogP contribution in [0.3, 0.4) is 0 Å². The van der Waals surface area contributed by atoms with Gasteiger partial charge in [0.15, 0.2) is 0 Å². The molecule has 7 rings (SSSR count). The molecule has 0 saturated heterocycles. The molecule has 3 aromatic heterocycles. The van der Waals surface area contributed by atoms with E-state index >= 15 is 0 Å². The van der Waals surface area contributed by atoms with E-state index in [4.69, 9.17) is 28.4 Å². The molecule has 288 valence electrons. The molecule has 0 spiro atoms. The number of aromatic nitrogens is 12. The fraction of sp³-hybridized carbons (Fsp3) is 0.167. The van der Waals surface area contributed by atoms with Crippen LogP contribution in [0.1, 0.15) is 31.1 Å². The normalized spacial score (nSPS) is 10.7. The molecule has 0 aliphatic heterocycles. The summed E-state index contributed by atoms with van der Waals surface area (Å²) in [7, 11) is 0. The molecule has 0 amide bonds. The number of ether oxygens (including phenoxy) is 6. The van der Waals surface area contributed by atoms with Crippen molar-refractivity contribution in [2.75, 3.05) is 39.6 Å². The zero-order chi connectivity index (χ0) is 39.2. The third-order valence-electron chi connectivity index (χ3n) is 7.61. The van der Waals surface area contributed by atoms with Gasteiger partial charge in [-0.05, 0) is 85.9 Å². The number of hydrogen-bond acceptors (Lipinski definition) is 18. The molecule has 0 N–H and O–H groups in total. The van der Waals surface area contributed by atoms with Crippen LogP contribution in [-0.2, 0) is 14.2 Å². The molecule has 3 heterocycles. The highest BCUT2D eigenvalue weighted by molar-refractivity contribution is 6.00. The van der Waals surface area contributed by atoms with Gasteiger partial charge in [-0.2, -0.15) is 14.0 Å². The Kier molecular flexibility index (Phi) is 11.9. The van der Waals surface area contributed by atoms with Crippen LogP contribution in [0.4, 0.5) is 0 Å². The monoisotopic (exact) mass is 774 g/mol. The molecule has 57 heavy (non-hydrogen) atoms. The van der Waals surface area contributed by atoms with Gasteiger partial charge in [-0.1, -0.05) is 69.9 Å². The van der Waals surface area contributed by atoms with Gasteiger partial charge in [0, 0.05) is 0 Å². The number of carbonyl (C=O) groups excluding carboxylic acids is 3. The van der Waals surface area contributed by atoms with Crippen molar-refractivity contribution in [1.82, 2.24) is 60.6 Å². The highest BCUT2D eigenvalue weighted by atomic mass is 16.6. The number of esters is 3. The minimum atomic E-state index is -0.864. The second kappa shape index (κ2) is 18.3. The van der Waals surface area contributed by atoms with Crippen molar-refractivity contribution in [2.45, 2.75) is 0 Å². The summed E-state index contributed by atoms with van der Waals surface area (Å²) in [6, 6.07) is 31.1. The molecule has 21 heteroatoms. The van der Waals surface area contributed by atoms with Gasteiger partial charge in [0.1, 0.15) is 39.6 Å². The quantitative estimate of drug-likeness (QED) is 0.0690. The summed E-state index contributed by atoms with van der Waals surface area (Å²) in [5, 5.41) is 34.2. The molecule has 7 aromatic rings. The summed E-state index contributed by atoms with van der Waals surface area (Å²) in [5.41, 5.74) is 1.58. The van der Waals surface area contributed by atoms with Crippen molar-refractivity contribution < 1.29 is 42.8 Å². The van der Waals surface area contributed by atoms with Crippen LogP contribution in [-0.4, -0.2) is 118 Å². The third kappa shape index (κ3) is 9.53. The molecule has 0 aliphatic rings. The maximum absolute atomic E-state index is 13.2. The predicted molar refractivity (Wildman–Crippen MR) is 191 cm³/mol. The molecule has 21 nitrogen and oxygen atoms in total. The van der Waals surface area contributed by atoms with Gasteiger partial charge in [0.25, 0.3) is 0 Å². The number of carbonyl (C=O) groups is 3. The molecular weight excluding hydrogens is 744 g/mol. The average molecular weight is 775 g/mol. The zero-order valence-electron chi connectivity index (χ0n) is 29.7. The Bertz CT molecular complexity index is 2130. The van der Waals surface area contributed by atoms with Crippen molar-refractivity contribution in [3.05, 3.63) is 126 Å². The van der Waals surface area contributed by atoms with E-state index in [1.54, 1.807) is 36.4 Å². The molecular formula is C36H30N12O9. The maximum Gasteiger partial charge on any atom is 0.340 e. The maximum atomic E-state index is 13.2. The number of tetrazole rings is 3. The van der Waals surface area contributed by atoms with Crippen LogP contribution >= 0.6 is 0 Å². The minimum Gasteiger partial charge on any atom is -0.459 e. The topological polar surface area (TPSA) is 237 Å². The Hall–Kier alpha value is -8.10. The van der Waals surface area contributed by atoms with Gasteiger partial charge in [-0.15, -0.1) is 0 Å². The molecule has 4 aromatic carbocycles. The van der Waals surface area contributed by atoms with E-state index in [1.807, 2.05) is 54.6 Å². The first-order valence-electron chi connectivity index (χ1n) is 17.1. The standard InChI is InChI=1S/C36H30N12O9/c49-31(52-16-19-55-34-37-40-43-46(34)28-10-4-1-5-11-28)25-22-26(32(50)53-17-20-56-35-38-41-44-47(35)29-12-6-2-7-13-29)24-27(23-25)33(51)54-18-21-57-36-39-42-45-48(36)30-14-8-3-9-15-30/h1-15,22-24H,16-21H2. The smallest absolute Gasteiger partial charge is 0.340 e. The average Bonchev–Trinajstić information content (AvgIpc) is 4.05. The Morgan fingerprint density at radius 2 is 0.684 bits per heavy atom. The van der Waals surface area contributed by atoms with Crippen LogP contribution < -0.4 is 14.2 Å². The molecule has 0 unspecified atom stereocenters. The van der Waals surface area contributed by atoms with Gasteiger partial charge in [0.05, 0.1) is 33.8 Å². The van der Waals surface area contributed by atoms with Gasteiger partial charge < -0.3 is 28.4 Å². The minimum absolute atomic E-state index is 0.0770. The van der Waals surface area contributed by atoms with Crippen LogP contribution in [0.5, 0.6) is 18.0 Å². The molecule has 0 saturated carbocycles. The van der Waals surface area contributed by atoms with Gasteiger partial charge >= 0.3 is 35.9 Å². The first-order valence-corrected chi connectivity index (χ1v) is 17.1. The highest BCUT2D eigenvalue weighted by Crippen LogP contribution is 2.17. The molecule has 0 radical (unpaired) electrons. The van der Waals surface area contributed by atoms with Crippen molar-refractivity contribution in [1.29, 1.82) is 0 Å². The van der Waals surface area contributed by atoms with E-state index in [9.17, 15) is 14.4 Å². The largest absolute Gasteiger partial charge is 0.459 e. The second-order valence-corrected chi connectivity index (χ2v) is 11.4. The third-order valence-corrected chi connectivity index (χ3v) is 7.61. The lowest BCUT2D eigenvalue weighted by Gasteiger charge is -2.11. The number of benzene rings is 4. The number of hydrogen-bond donors (Lipinski definition) is 0. The predicted octanol–water partition coefficient (Wildman–Crippen LogP) is 2.32. The van der Waals surface area contributed by atoms with Crippen LogP contribution in [0.15, 0.2) is 109 Å². The Balaban J connectivity index is 0.977. The Labute approximate surface area is 321 Å². The van der Waals surface area contributed by atoms with Crippen LogP contribution in [0, 0.1) is 0 Å². The lowest BCUT2D eigenvalue weighted by atomic mass is 10.1. The molecule has 0 atom stereocenters. The summed E-state index contributed by atoms with van der Waals surface area (Å²) < 4.78 is 37.2. The summed E-state index contributed by atoms with van der Waals surface area (Å²) in [4.78, 5) is 39.6. The van der Waals surface area contributed by atoms with Crippen molar-refractivity contribution in [3.63, 3.8) is 0 Å². The number of rotatable bonds is 18. The first-order chi connectivity index (χ1) is 28.0. The highest BCUT2D eigenvalue weighted by Gasteiger charge is 2.20. The summed E-state index contributed by atoms with van der Waals surface area (Å²) in [6.45, 7) is -1.03. The van der Waals surface area contributed by atoms with Crippen LogP contribution in [0.25, 0.3) is 17.1 Å². The molecule has 0 aliphatic carbocycles. The van der Waals surface area contributed by atoms with Crippen molar-refractivity contribution in [3.8, 4) is 35.1 Å². The first kappa shape index (κ1) is 37.2. The van der Waals surface area contributed by atoms with Crippen molar-refractivity contribution >= 4 is 17.9 Å². The van der Waals surface area contributed by atoms with E-state index in [2.05, 4.69) is 46.6 Å². The zero-order valence-corrected chi connectivity index (χ0v) is 29.7. The van der Waals surface area contributed by atoms with E-state index < -0.39 is 17.9 Å². The van der Waals surface area contributed by atoms with E-state index in [0.29, 0.717) is 17.1 Å². The second-order valence-electron chi connectivity index (χ2n) is 11.4. The fourth-order valence-electron chi connectivity index (χ4n) is 5.03. The summed E-state index contributed by atoms with van der Waals surface area (Å²) in [6.07, 6.45) is 0. The van der Waals surface area contributed by atoms with E-state index in [-0.39, 0.29) is 74.4 Å². The van der Waals surface area contributed by atoms with E-state index in [1.165, 1.54) is 32.2 Å². The lowest BCUT2D eigenvalue weighted by Crippen LogP contribution is -2.18. The lowest BCUT2D eigenvalue weighted by molar-refractivity contribution is 0.0436. The molecule has 0 bridgehead atoms.